The highest BCUT2D eigenvalue weighted by Crippen LogP contribution is 2.30. The van der Waals surface area contributed by atoms with Crippen molar-refractivity contribution >= 4 is 21.6 Å². The molecule has 0 atom stereocenters. The predicted molar refractivity (Wildman–Crippen MR) is 50.9 cm³/mol. The molecule has 84 valence electrons. The largest absolute Gasteiger partial charge is 0.573 e. The van der Waals surface area contributed by atoms with Gasteiger partial charge in [-0.25, -0.2) is 4.98 Å². The van der Waals surface area contributed by atoms with Crippen molar-refractivity contribution in [3.8, 4) is 5.75 Å². The van der Waals surface area contributed by atoms with E-state index in [-0.39, 0.29) is 22.5 Å². The molecule has 0 fully saturated rings. The van der Waals surface area contributed by atoms with E-state index in [2.05, 4.69) is 25.7 Å². The molecule has 4 N–H and O–H groups in total. The van der Waals surface area contributed by atoms with E-state index >= 15 is 0 Å². The Hall–Kier alpha value is -1.02. The molecule has 4 nitrogen and oxygen atoms in total. The maximum absolute atomic E-state index is 11.9. The first-order chi connectivity index (χ1) is 6.83. The fourth-order valence-electron chi connectivity index (χ4n) is 0.882. The third kappa shape index (κ3) is 3.24. The molecular weight excluding hydrogens is 279 g/mol. The van der Waals surface area contributed by atoms with Gasteiger partial charge in [-0.1, -0.05) is 0 Å². The lowest BCUT2D eigenvalue weighted by Gasteiger charge is -2.12. The van der Waals surface area contributed by atoms with Gasteiger partial charge in [0.15, 0.2) is 5.75 Å². The van der Waals surface area contributed by atoms with E-state index in [4.69, 9.17) is 11.5 Å². The van der Waals surface area contributed by atoms with E-state index in [1.807, 2.05) is 0 Å². The molecule has 8 heteroatoms. The third-order valence-corrected chi connectivity index (χ3v) is 2.10. The topological polar surface area (TPSA) is 74.2 Å². The van der Waals surface area contributed by atoms with E-state index in [1.165, 1.54) is 0 Å². The smallest absolute Gasteiger partial charge is 0.404 e. The molecule has 0 aliphatic heterocycles. The molecule has 0 saturated carbocycles. The highest BCUT2D eigenvalue weighted by atomic mass is 79.9. The number of hydrogen-bond acceptors (Lipinski definition) is 4. The summed E-state index contributed by atoms with van der Waals surface area (Å²) in [6, 6.07) is 1.02. The summed E-state index contributed by atoms with van der Waals surface area (Å²) in [5.41, 5.74) is 10.6. The van der Waals surface area contributed by atoms with Crippen LogP contribution in [0.5, 0.6) is 5.75 Å². The molecular formula is C7H7BrF3N3O. The van der Waals surface area contributed by atoms with Gasteiger partial charge in [0.1, 0.15) is 4.60 Å². The van der Waals surface area contributed by atoms with Crippen LogP contribution in [0.15, 0.2) is 10.7 Å². The Morgan fingerprint density at radius 1 is 1.47 bits per heavy atom. The number of hydrogen-bond donors (Lipinski definition) is 2. The average molecular weight is 286 g/mol. The Labute approximate surface area is 91.5 Å². The van der Waals surface area contributed by atoms with Gasteiger partial charge in [-0.2, -0.15) is 0 Å². The Morgan fingerprint density at radius 2 is 2.07 bits per heavy atom. The molecule has 0 aromatic carbocycles. The zero-order chi connectivity index (χ0) is 11.6. The van der Waals surface area contributed by atoms with Gasteiger partial charge in [0.25, 0.3) is 0 Å². The van der Waals surface area contributed by atoms with Crippen LogP contribution in [-0.4, -0.2) is 11.3 Å². The van der Waals surface area contributed by atoms with Crippen LogP contribution in [0.25, 0.3) is 0 Å². The van der Waals surface area contributed by atoms with Crippen molar-refractivity contribution in [2.75, 3.05) is 5.73 Å². The van der Waals surface area contributed by atoms with Crippen molar-refractivity contribution < 1.29 is 17.9 Å². The first kappa shape index (κ1) is 12.1. The van der Waals surface area contributed by atoms with E-state index in [1.54, 1.807) is 0 Å². The molecule has 1 heterocycles. The molecule has 0 aliphatic rings. The van der Waals surface area contributed by atoms with Crippen LogP contribution in [0.2, 0.25) is 0 Å². The van der Waals surface area contributed by atoms with Crippen LogP contribution in [0.3, 0.4) is 0 Å². The van der Waals surface area contributed by atoms with Crippen LogP contribution in [0, 0.1) is 0 Å². The molecule has 0 spiro atoms. The van der Waals surface area contributed by atoms with Crippen LogP contribution >= 0.6 is 15.9 Å². The second-order valence-corrected chi connectivity index (χ2v) is 3.32. The molecule has 0 saturated heterocycles. The molecule has 1 rings (SSSR count). The van der Waals surface area contributed by atoms with E-state index in [9.17, 15) is 13.2 Å². The highest BCUT2D eigenvalue weighted by Gasteiger charge is 2.32. The van der Waals surface area contributed by atoms with Gasteiger partial charge in [0.05, 0.1) is 11.4 Å². The maximum atomic E-state index is 11.9. The maximum Gasteiger partial charge on any atom is 0.573 e. The van der Waals surface area contributed by atoms with Gasteiger partial charge in [0, 0.05) is 12.6 Å². The lowest BCUT2D eigenvalue weighted by atomic mass is 10.3. The van der Waals surface area contributed by atoms with Crippen LogP contribution in [0.1, 0.15) is 5.69 Å². The third-order valence-electron chi connectivity index (χ3n) is 1.46. The zero-order valence-corrected chi connectivity index (χ0v) is 8.89. The molecule has 0 amide bonds. The van der Waals surface area contributed by atoms with Crippen LogP contribution in [0.4, 0.5) is 18.9 Å². The Kier molecular flexibility index (Phi) is 3.40. The zero-order valence-electron chi connectivity index (χ0n) is 7.31. The summed E-state index contributed by atoms with van der Waals surface area (Å²) in [6.07, 6.45) is -4.79. The number of ether oxygens (including phenoxy) is 1. The number of alkyl halides is 3. The second-order valence-electron chi connectivity index (χ2n) is 2.57. The van der Waals surface area contributed by atoms with E-state index in [0.717, 1.165) is 6.07 Å². The molecule has 15 heavy (non-hydrogen) atoms. The predicted octanol–water partition coefficient (Wildman–Crippen LogP) is 1.78. The normalized spacial score (nSPS) is 11.5. The number of pyridine rings is 1. The summed E-state index contributed by atoms with van der Waals surface area (Å²) >= 11 is 2.97. The standard InChI is InChI=1S/C7H7BrF3N3O/c8-6-3(13)1-5(4(2-12)14-6)15-7(9,10)11/h1H,2,12-13H2. The number of rotatable bonds is 2. The molecule has 0 aliphatic carbocycles. The minimum atomic E-state index is -4.79. The number of anilines is 1. The van der Waals surface area contributed by atoms with Crippen LogP contribution in [-0.2, 0) is 6.54 Å². The molecule has 0 unspecified atom stereocenters. The lowest BCUT2D eigenvalue weighted by molar-refractivity contribution is -0.275. The van der Waals surface area contributed by atoms with Gasteiger partial charge < -0.3 is 16.2 Å². The highest BCUT2D eigenvalue weighted by molar-refractivity contribution is 9.10. The van der Waals surface area contributed by atoms with Crippen molar-refractivity contribution in [3.63, 3.8) is 0 Å². The Balaban J connectivity index is 3.11. The minimum Gasteiger partial charge on any atom is -0.404 e. The van der Waals surface area contributed by atoms with Gasteiger partial charge in [-0.15, -0.1) is 13.2 Å². The molecule has 1 aromatic rings. The number of nitrogens with two attached hydrogens (primary N) is 2. The van der Waals surface area contributed by atoms with Crippen molar-refractivity contribution in [2.24, 2.45) is 5.73 Å². The van der Waals surface area contributed by atoms with E-state index in [0.29, 0.717) is 0 Å². The minimum absolute atomic E-state index is 0.0200. The first-order valence-electron chi connectivity index (χ1n) is 3.74. The van der Waals surface area contributed by atoms with Gasteiger partial charge in [-0.05, 0) is 15.9 Å². The second kappa shape index (κ2) is 4.23. The van der Waals surface area contributed by atoms with Crippen LogP contribution < -0.4 is 16.2 Å². The van der Waals surface area contributed by atoms with Gasteiger partial charge in [0.2, 0.25) is 0 Å². The van der Waals surface area contributed by atoms with Crippen molar-refractivity contribution in [1.29, 1.82) is 0 Å². The average Bonchev–Trinajstić information content (AvgIpc) is 2.08. The number of nitrogens with zero attached hydrogens (tertiary/aromatic N) is 1. The number of aromatic nitrogens is 1. The van der Waals surface area contributed by atoms with Gasteiger partial charge in [-0.3, -0.25) is 0 Å². The summed E-state index contributed by atoms with van der Waals surface area (Å²) in [7, 11) is 0. The monoisotopic (exact) mass is 285 g/mol. The molecule has 0 radical (unpaired) electrons. The first-order valence-corrected chi connectivity index (χ1v) is 4.53. The molecule has 0 bridgehead atoms. The molecule has 1 aromatic heterocycles. The quantitative estimate of drug-likeness (QED) is 0.813. The Bertz CT molecular complexity index is 369. The summed E-state index contributed by atoms with van der Waals surface area (Å²) in [5.74, 6) is -0.481. The number of nitrogen functional groups attached to an aromatic ring is 1. The van der Waals surface area contributed by atoms with Gasteiger partial charge >= 0.3 is 6.36 Å². The fourth-order valence-corrected chi connectivity index (χ4v) is 1.21. The summed E-state index contributed by atoms with van der Waals surface area (Å²) in [6.45, 7) is -0.176. The summed E-state index contributed by atoms with van der Waals surface area (Å²) in [4.78, 5) is 3.72. The number of halogens is 4. The van der Waals surface area contributed by atoms with Crippen molar-refractivity contribution in [1.82, 2.24) is 4.98 Å². The summed E-state index contributed by atoms with van der Waals surface area (Å²) in [5, 5.41) is 0. The Morgan fingerprint density at radius 3 is 2.53 bits per heavy atom. The summed E-state index contributed by atoms with van der Waals surface area (Å²) < 4.78 is 39.8. The SMILES string of the molecule is NCc1nc(Br)c(N)cc1OC(F)(F)F. The fraction of sp³-hybridized carbons (Fsp3) is 0.286. The van der Waals surface area contributed by atoms with Crippen molar-refractivity contribution in [2.45, 2.75) is 12.9 Å². The van der Waals surface area contributed by atoms with Crippen molar-refractivity contribution in [3.05, 3.63) is 16.4 Å². The van der Waals surface area contributed by atoms with E-state index < -0.39 is 12.1 Å². The lowest BCUT2D eigenvalue weighted by Crippen LogP contribution is -2.19.